The highest BCUT2D eigenvalue weighted by molar-refractivity contribution is 5.76. The third-order valence-electron chi connectivity index (χ3n) is 7.03. The molecule has 0 heterocycles. The van der Waals surface area contributed by atoms with E-state index in [-0.39, 0.29) is 11.8 Å². The number of carbonyl (C=O) groups is 2. The first-order chi connectivity index (χ1) is 14.6. The van der Waals surface area contributed by atoms with Crippen LogP contribution in [0.3, 0.4) is 0 Å². The lowest BCUT2D eigenvalue weighted by molar-refractivity contribution is -0.123. The molecule has 0 radical (unpaired) electrons. The lowest BCUT2D eigenvalue weighted by Crippen LogP contribution is -2.38. The molecule has 2 aliphatic rings. The molecule has 0 spiro atoms. The van der Waals surface area contributed by atoms with Gasteiger partial charge in [0.25, 0.3) is 0 Å². The van der Waals surface area contributed by atoms with E-state index in [9.17, 15) is 9.59 Å². The van der Waals surface area contributed by atoms with Crippen molar-refractivity contribution in [1.82, 2.24) is 10.6 Å². The Morgan fingerprint density at radius 1 is 0.700 bits per heavy atom. The van der Waals surface area contributed by atoms with Gasteiger partial charge in [0.1, 0.15) is 0 Å². The van der Waals surface area contributed by atoms with Crippen LogP contribution in [0.25, 0.3) is 0 Å². The molecule has 30 heavy (non-hydrogen) atoms. The van der Waals surface area contributed by atoms with E-state index in [1.165, 1.54) is 64.2 Å². The summed E-state index contributed by atoms with van der Waals surface area (Å²) in [5.41, 5.74) is 0. The number of rotatable bonds is 10. The van der Waals surface area contributed by atoms with E-state index in [0.717, 1.165) is 25.7 Å². The van der Waals surface area contributed by atoms with Gasteiger partial charge in [0.15, 0.2) is 0 Å². The van der Waals surface area contributed by atoms with Crippen molar-refractivity contribution < 1.29 is 9.59 Å². The molecule has 2 unspecified atom stereocenters. The molecule has 170 valence electrons. The number of carbonyl (C=O) groups excluding carboxylic acids is 2. The second-order valence-electron chi connectivity index (χ2n) is 9.57. The summed E-state index contributed by atoms with van der Waals surface area (Å²) < 4.78 is 0. The minimum Gasteiger partial charge on any atom is -0.353 e. The molecule has 2 aliphatic carbocycles. The monoisotopic (exact) mass is 416 g/mol. The minimum atomic E-state index is 0.165. The van der Waals surface area contributed by atoms with Crippen molar-refractivity contribution >= 4 is 11.8 Å². The zero-order valence-electron chi connectivity index (χ0n) is 19.4. The number of hydrogen-bond donors (Lipinski definition) is 2. The largest absolute Gasteiger partial charge is 0.353 e. The van der Waals surface area contributed by atoms with Gasteiger partial charge < -0.3 is 10.6 Å². The molecule has 2 saturated carbocycles. The van der Waals surface area contributed by atoms with Crippen LogP contribution < -0.4 is 10.6 Å². The van der Waals surface area contributed by atoms with E-state index in [2.05, 4.69) is 36.3 Å². The van der Waals surface area contributed by atoms with Gasteiger partial charge in [0, 0.05) is 37.8 Å². The molecular weight excluding hydrogens is 372 g/mol. The smallest absolute Gasteiger partial charge is 0.220 e. The zero-order chi connectivity index (χ0) is 21.6. The summed E-state index contributed by atoms with van der Waals surface area (Å²) in [5.74, 6) is 7.97. The summed E-state index contributed by atoms with van der Waals surface area (Å²) in [6.07, 6.45) is 17.2. The van der Waals surface area contributed by atoms with E-state index in [0.29, 0.717) is 36.8 Å². The first-order valence-electron chi connectivity index (χ1n) is 12.6. The molecule has 0 aromatic heterocycles. The summed E-state index contributed by atoms with van der Waals surface area (Å²) in [6.45, 7) is 4.31. The van der Waals surface area contributed by atoms with Gasteiger partial charge in [-0.3, -0.25) is 9.59 Å². The second-order valence-corrected chi connectivity index (χ2v) is 9.57. The van der Waals surface area contributed by atoms with E-state index >= 15 is 0 Å². The van der Waals surface area contributed by atoms with Gasteiger partial charge in [-0.1, -0.05) is 38.5 Å². The van der Waals surface area contributed by atoms with Crippen LogP contribution in [-0.4, -0.2) is 23.9 Å². The number of nitrogens with one attached hydrogen (secondary N) is 2. The Labute approximate surface area is 184 Å². The summed E-state index contributed by atoms with van der Waals surface area (Å²) in [5, 5.41) is 6.36. The normalized spacial score (nSPS) is 19.9. The van der Waals surface area contributed by atoms with Crippen LogP contribution in [-0.2, 0) is 9.59 Å². The highest BCUT2D eigenvalue weighted by Gasteiger charge is 2.22. The van der Waals surface area contributed by atoms with Crippen molar-refractivity contribution in [2.75, 3.05) is 0 Å². The zero-order valence-corrected chi connectivity index (χ0v) is 19.4. The first-order valence-corrected chi connectivity index (χ1v) is 12.6. The van der Waals surface area contributed by atoms with Crippen LogP contribution in [0.15, 0.2) is 0 Å². The Morgan fingerprint density at radius 3 is 1.43 bits per heavy atom. The van der Waals surface area contributed by atoms with E-state index in [1.54, 1.807) is 0 Å². The van der Waals surface area contributed by atoms with Gasteiger partial charge >= 0.3 is 0 Å². The summed E-state index contributed by atoms with van der Waals surface area (Å²) in [6, 6.07) is 0.603. The van der Waals surface area contributed by atoms with Gasteiger partial charge in [-0.15, -0.1) is 11.8 Å². The molecule has 0 aromatic rings. The maximum absolute atomic E-state index is 12.1. The van der Waals surface area contributed by atoms with Crippen molar-refractivity contribution in [3.8, 4) is 11.8 Å². The Kier molecular flexibility index (Phi) is 12.0. The Morgan fingerprint density at radius 2 is 1.07 bits per heavy atom. The molecular formula is C26H44N2O2. The van der Waals surface area contributed by atoms with Crippen molar-refractivity contribution in [3.63, 3.8) is 0 Å². The fraction of sp³-hybridized carbons (Fsp3) is 0.846. The van der Waals surface area contributed by atoms with Crippen LogP contribution in [0.2, 0.25) is 0 Å². The second kappa shape index (κ2) is 14.5. The molecule has 0 aliphatic heterocycles. The van der Waals surface area contributed by atoms with Gasteiger partial charge in [-0.2, -0.15) is 0 Å². The molecule has 2 amide bonds. The summed E-state index contributed by atoms with van der Waals surface area (Å²) in [4.78, 5) is 24.2. The number of unbranched alkanes of at least 4 members (excludes halogenated alkanes) is 2. The van der Waals surface area contributed by atoms with Gasteiger partial charge in [-0.25, -0.2) is 0 Å². The first kappa shape index (κ1) is 24.8. The van der Waals surface area contributed by atoms with Gasteiger partial charge in [0.05, 0.1) is 0 Å². The summed E-state index contributed by atoms with van der Waals surface area (Å²) >= 11 is 0. The van der Waals surface area contributed by atoms with Crippen LogP contribution in [0.5, 0.6) is 0 Å². The maximum atomic E-state index is 12.1. The molecule has 2 rings (SSSR count). The lowest BCUT2D eigenvalue weighted by Gasteiger charge is -2.28. The van der Waals surface area contributed by atoms with Gasteiger partial charge in [0.2, 0.25) is 11.8 Å². The van der Waals surface area contributed by atoms with Gasteiger partial charge in [-0.05, 0) is 64.2 Å². The van der Waals surface area contributed by atoms with Crippen LogP contribution in [0.4, 0.5) is 0 Å². The lowest BCUT2D eigenvalue weighted by atomic mass is 9.84. The van der Waals surface area contributed by atoms with Crippen LogP contribution in [0.1, 0.15) is 117 Å². The van der Waals surface area contributed by atoms with Crippen molar-refractivity contribution in [2.45, 2.75) is 129 Å². The maximum Gasteiger partial charge on any atom is 0.220 e. The van der Waals surface area contributed by atoms with Crippen molar-refractivity contribution in [3.05, 3.63) is 0 Å². The minimum absolute atomic E-state index is 0.165. The standard InChI is InChI=1S/C26H44N2O2/c1-21(23-15-9-7-10-16-23)27-25(29)19-13-5-3-4-6-14-20-26(30)28-22(2)24-17-11-8-12-18-24/h21-24H,5-20H2,1-2H3,(H,27,29)(H,28,30). The molecule has 2 fully saturated rings. The summed E-state index contributed by atoms with van der Waals surface area (Å²) in [7, 11) is 0. The fourth-order valence-electron chi connectivity index (χ4n) is 5.01. The van der Waals surface area contributed by atoms with Crippen LogP contribution >= 0.6 is 0 Å². The third kappa shape index (κ3) is 10.0. The third-order valence-corrected chi connectivity index (χ3v) is 7.03. The molecule has 2 atom stereocenters. The van der Waals surface area contributed by atoms with E-state index in [4.69, 9.17) is 0 Å². The molecule has 0 aromatic carbocycles. The molecule has 4 heteroatoms. The molecule has 0 bridgehead atoms. The van der Waals surface area contributed by atoms with E-state index in [1.807, 2.05) is 0 Å². The van der Waals surface area contributed by atoms with Crippen molar-refractivity contribution in [1.29, 1.82) is 0 Å². The Hall–Kier alpha value is -1.50. The molecule has 4 nitrogen and oxygen atoms in total. The fourth-order valence-corrected chi connectivity index (χ4v) is 5.01. The predicted octanol–water partition coefficient (Wildman–Crippen LogP) is 5.50. The van der Waals surface area contributed by atoms with Crippen LogP contribution in [0, 0.1) is 23.7 Å². The molecule has 2 N–H and O–H groups in total. The Bertz CT molecular complexity index is 517. The average molecular weight is 417 g/mol. The quantitative estimate of drug-likeness (QED) is 0.365. The number of amides is 2. The Balaban J connectivity index is 1.47. The van der Waals surface area contributed by atoms with E-state index < -0.39 is 0 Å². The average Bonchev–Trinajstić information content (AvgIpc) is 2.76. The molecule has 0 saturated heterocycles. The SMILES string of the molecule is CC(NC(=O)CCCC#CCCCC(=O)NC(C)C1CCCCC1)C1CCCCC1. The van der Waals surface area contributed by atoms with Crippen molar-refractivity contribution in [2.24, 2.45) is 11.8 Å². The predicted molar refractivity (Wildman–Crippen MR) is 124 cm³/mol. The highest BCUT2D eigenvalue weighted by atomic mass is 16.2. The topological polar surface area (TPSA) is 58.2 Å². The highest BCUT2D eigenvalue weighted by Crippen LogP contribution is 2.27. The number of hydrogen-bond acceptors (Lipinski definition) is 2.